The maximum Gasteiger partial charge on any atom is 0.237 e. The third kappa shape index (κ3) is 3.86. The van der Waals surface area contributed by atoms with Gasteiger partial charge in [-0.3, -0.25) is 14.9 Å². The van der Waals surface area contributed by atoms with Crippen molar-refractivity contribution in [2.75, 3.05) is 11.1 Å². The standard InChI is InChI=1S/C21H16N4O3S2/c26-16-9-12(17-5-3-7-28-17)8-15-13(16)10-22-20(23-15)25-19(27)11-29-21-24-14-4-1-2-6-18(14)30-21/h1-7,10,12H,8-9,11H2,(H,22,23,25,27). The molecule has 3 aromatic heterocycles. The smallest absolute Gasteiger partial charge is 0.237 e. The summed E-state index contributed by atoms with van der Waals surface area (Å²) in [5.41, 5.74) is 2.08. The van der Waals surface area contributed by atoms with Crippen LogP contribution < -0.4 is 5.32 Å². The molecule has 1 atom stereocenters. The molecule has 7 nitrogen and oxygen atoms in total. The van der Waals surface area contributed by atoms with Crippen LogP contribution in [-0.2, 0) is 11.2 Å². The van der Waals surface area contributed by atoms with Crippen molar-refractivity contribution in [2.45, 2.75) is 23.1 Å². The fourth-order valence-corrected chi connectivity index (χ4v) is 5.30. The number of thiazole rings is 1. The monoisotopic (exact) mass is 436 g/mol. The van der Waals surface area contributed by atoms with Gasteiger partial charge in [-0.05, 0) is 24.3 Å². The van der Waals surface area contributed by atoms with Crippen LogP contribution in [0.5, 0.6) is 0 Å². The second-order valence-corrected chi connectivity index (χ2v) is 9.14. The van der Waals surface area contributed by atoms with E-state index in [2.05, 4.69) is 20.3 Å². The number of Topliss-reactive ketones (excluding diaryl/α,β-unsaturated/α-hetero) is 1. The molecule has 0 radical (unpaired) electrons. The van der Waals surface area contributed by atoms with Crippen LogP contribution in [0.15, 0.2) is 57.6 Å². The van der Waals surface area contributed by atoms with E-state index in [1.165, 1.54) is 18.0 Å². The lowest BCUT2D eigenvalue weighted by Gasteiger charge is -2.21. The van der Waals surface area contributed by atoms with E-state index in [4.69, 9.17) is 4.42 Å². The first kappa shape index (κ1) is 19.0. The molecule has 1 unspecified atom stereocenters. The average Bonchev–Trinajstić information content (AvgIpc) is 3.41. The Morgan fingerprint density at radius 2 is 2.10 bits per heavy atom. The number of nitrogens with one attached hydrogen (secondary N) is 1. The van der Waals surface area contributed by atoms with Crippen LogP contribution >= 0.6 is 23.1 Å². The number of nitrogens with zero attached hydrogens (tertiary/aromatic N) is 3. The molecule has 150 valence electrons. The van der Waals surface area contributed by atoms with Crippen molar-refractivity contribution >= 4 is 51.0 Å². The molecule has 4 aromatic rings. The summed E-state index contributed by atoms with van der Waals surface area (Å²) in [5.74, 6) is 0.898. The van der Waals surface area contributed by atoms with Crippen molar-refractivity contribution in [2.24, 2.45) is 0 Å². The molecule has 5 rings (SSSR count). The van der Waals surface area contributed by atoms with Gasteiger partial charge in [0.1, 0.15) is 5.76 Å². The Labute approximate surface area is 180 Å². The van der Waals surface area contributed by atoms with Gasteiger partial charge in [-0.15, -0.1) is 11.3 Å². The zero-order valence-corrected chi connectivity index (χ0v) is 17.3. The predicted molar refractivity (Wildman–Crippen MR) is 115 cm³/mol. The number of carbonyl (C=O) groups is 2. The van der Waals surface area contributed by atoms with E-state index in [0.717, 1.165) is 20.3 Å². The normalized spacial score (nSPS) is 15.9. The van der Waals surface area contributed by atoms with Crippen LogP contribution in [0.3, 0.4) is 0 Å². The van der Waals surface area contributed by atoms with Gasteiger partial charge in [-0.2, -0.15) is 0 Å². The number of hydrogen-bond acceptors (Lipinski definition) is 8. The number of thioether (sulfide) groups is 1. The van der Waals surface area contributed by atoms with Crippen molar-refractivity contribution in [1.82, 2.24) is 15.0 Å². The number of para-hydroxylation sites is 1. The lowest BCUT2D eigenvalue weighted by molar-refractivity contribution is -0.113. The molecule has 1 aromatic carbocycles. The van der Waals surface area contributed by atoms with Crippen LogP contribution in [0.2, 0.25) is 0 Å². The number of furan rings is 1. The molecule has 9 heteroatoms. The SMILES string of the molecule is O=C(CSc1nc2ccccc2s1)Nc1ncc2c(n1)CC(c1ccco1)CC2=O. The van der Waals surface area contributed by atoms with Gasteiger partial charge in [0.25, 0.3) is 0 Å². The Balaban J connectivity index is 1.25. The van der Waals surface area contributed by atoms with Crippen molar-refractivity contribution in [1.29, 1.82) is 0 Å². The summed E-state index contributed by atoms with van der Waals surface area (Å²) in [6.07, 6.45) is 4.04. The van der Waals surface area contributed by atoms with E-state index in [-0.39, 0.29) is 29.3 Å². The quantitative estimate of drug-likeness (QED) is 0.465. The molecular weight excluding hydrogens is 420 g/mol. The molecule has 0 bridgehead atoms. The molecule has 30 heavy (non-hydrogen) atoms. The number of hydrogen-bond donors (Lipinski definition) is 1. The molecule has 0 spiro atoms. The fraction of sp³-hybridized carbons (Fsp3) is 0.190. The summed E-state index contributed by atoms with van der Waals surface area (Å²) in [6, 6.07) is 11.5. The van der Waals surface area contributed by atoms with Crippen LogP contribution in [0, 0.1) is 0 Å². The van der Waals surface area contributed by atoms with Crippen LogP contribution in [0.1, 0.15) is 34.2 Å². The minimum absolute atomic E-state index is 0.0121. The fourth-order valence-electron chi connectivity index (χ4n) is 3.43. The van der Waals surface area contributed by atoms with Crippen molar-refractivity contribution < 1.29 is 14.0 Å². The molecular formula is C21H16N4O3S2. The van der Waals surface area contributed by atoms with Crippen LogP contribution in [0.25, 0.3) is 10.2 Å². The van der Waals surface area contributed by atoms with Crippen molar-refractivity contribution in [3.63, 3.8) is 0 Å². The number of anilines is 1. The third-order valence-corrected chi connectivity index (χ3v) is 7.02. The summed E-state index contributed by atoms with van der Waals surface area (Å²) < 4.78 is 7.38. The summed E-state index contributed by atoms with van der Waals surface area (Å²) >= 11 is 2.93. The first-order chi connectivity index (χ1) is 14.7. The van der Waals surface area contributed by atoms with E-state index >= 15 is 0 Å². The van der Waals surface area contributed by atoms with Crippen molar-refractivity contribution in [3.8, 4) is 0 Å². The van der Waals surface area contributed by atoms with Crippen LogP contribution in [0.4, 0.5) is 5.95 Å². The number of fused-ring (bicyclic) bond motifs is 2. The Morgan fingerprint density at radius 3 is 2.93 bits per heavy atom. The Bertz CT molecular complexity index is 1200. The van der Waals surface area contributed by atoms with E-state index < -0.39 is 0 Å². The first-order valence-corrected chi connectivity index (χ1v) is 11.2. The number of ketones is 1. The highest BCUT2D eigenvalue weighted by Gasteiger charge is 2.29. The minimum atomic E-state index is -0.219. The molecule has 3 heterocycles. The molecule has 1 N–H and O–H groups in total. The number of benzene rings is 1. The summed E-state index contributed by atoms with van der Waals surface area (Å²) in [5, 5.41) is 2.72. The molecule has 0 aliphatic heterocycles. The Hall–Kier alpha value is -3.04. The maximum atomic E-state index is 12.4. The Morgan fingerprint density at radius 1 is 1.20 bits per heavy atom. The van der Waals surface area contributed by atoms with Gasteiger partial charge in [-0.1, -0.05) is 23.9 Å². The zero-order chi connectivity index (χ0) is 20.5. The number of rotatable bonds is 5. The lowest BCUT2D eigenvalue weighted by Crippen LogP contribution is -2.22. The number of carbonyl (C=O) groups excluding carboxylic acids is 2. The van der Waals surface area contributed by atoms with Gasteiger partial charge in [0.2, 0.25) is 11.9 Å². The lowest BCUT2D eigenvalue weighted by atomic mass is 9.85. The first-order valence-electron chi connectivity index (χ1n) is 9.36. The van der Waals surface area contributed by atoms with Gasteiger partial charge in [-0.25, -0.2) is 15.0 Å². The minimum Gasteiger partial charge on any atom is -0.469 e. The molecule has 0 fully saturated rings. The second kappa shape index (κ2) is 8.00. The zero-order valence-electron chi connectivity index (χ0n) is 15.7. The summed E-state index contributed by atoms with van der Waals surface area (Å²) in [7, 11) is 0. The second-order valence-electron chi connectivity index (χ2n) is 6.88. The van der Waals surface area contributed by atoms with E-state index in [1.54, 1.807) is 17.6 Å². The molecule has 1 aliphatic rings. The van der Waals surface area contributed by atoms with Gasteiger partial charge in [0.05, 0.1) is 33.5 Å². The van der Waals surface area contributed by atoms with Gasteiger partial charge >= 0.3 is 0 Å². The highest BCUT2D eigenvalue weighted by Crippen LogP contribution is 2.32. The summed E-state index contributed by atoms with van der Waals surface area (Å²) in [4.78, 5) is 37.9. The van der Waals surface area contributed by atoms with Crippen LogP contribution in [-0.4, -0.2) is 32.4 Å². The third-order valence-electron chi connectivity index (χ3n) is 4.84. The van der Waals surface area contributed by atoms with Gasteiger partial charge in [0.15, 0.2) is 10.1 Å². The predicted octanol–water partition coefficient (Wildman–Crippen LogP) is 4.32. The average molecular weight is 437 g/mol. The Kier molecular flexibility index (Phi) is 5.06. The van der Waals surface area contributed by atoms with Gasteiger partial charge < -0.3 is 4.42 Å². The number of aromatic nitrogens is 3. The number of amides is 1. The van der Waals surface area contributed by atoms with E-state index in [1.807, 2.05) is 36.4 Å². The van der Waals surface area contributed by atoms with E-state index in [0.29, 0.717) is 24.1 Å². The molecule has 1 aliphatic carbocycles. The highest BCUT2D eigenvalue weighted by molar-refractivity contribution is 8.01. The molecule has 1 amide bonds. The maximum absolute atomic E-state index is 12.4. The highest BCUT2D eigenvalue weighted by atomic mass is 32.2. The van der Waals surface area contributed by atoms with Crippen molar-refractivity contribution in [3.05, 3.63) is 65.9 Å². The van der Waals surface area contributed by atoms with Gasteiger partial charge in [0, 0.05) is 25.0 Å². The molecule has 0 saturated heterocycles. The largest absolute Gasteiger partial charge is 0.469 e. The topological polar surface area (TPSA) is 98.0 Å². The molecule has 0 saturated carbocycles. The summed E-state index contributed by atoms with van der Waals surface area (Å²) in [6.45, 7) is 0. The van der Waals surface area contributed by atoms with E-state index in [9.17, 15) is 9.59 Å².